The normalized spacial score (nSPS) is 12.3. The molecule has 0 radical (unpaired) electrons. The lowest BCUT2D eigenvalue weighted by atomic mass is 10.0. The van der Waals surface area contributed by atoms with Crippen LogP contribution >= 0.6 is 0 Å². The van der Waals surface area contributed by atoms with Gasteiger partial charge in [0.2, 0.25) is 0 Å². The van der Waals surface area contributed by atoms with Crippen molar-refractivity contribution in [1.82, 2.24) is 0 Å². The first kappa shape index (κ1) is 26.2. The summed E-state index contributed by atoms with van der Waals surface area (Å²) in [6.07, 6.45) is 22.5. The van der Waals surface area contributed by atoms with Crippen LogP contribution in [-0.2, 0) is 11.2 Å². The van der Waals surface area contributed by atoms with Crippen LogP contribution in [-0.4, -0.2) is 24.4 Å². The number of rotatable bonds is 21. The van der Waals surface area contributed by atoms with Gasteiger partial charge in [0.1, 0.15) is 0 Å². The molecule has 29 heavy (non-hydrogen) atoms. The lowest BCUT2D eigenvalue weighted by Gasteiger charge is -2.11. The molecule has 0 saturated carbocycles. The lowest BCUT2D eigenvalue weighted by molar-refractivity contribution is 0.0355. The van der Waals surface area contributed by atoms with Crippen LogP contribution in [0, 0.1) is 0 Å². The maximum absolute atomic E-state index is 10.0. The van der Waals surface area contributed by atoms with Gasteiger partial charge in [-0.2, -0.15) is 0 Å². The molecule has 0 heterocycles. The van der Waals surface area contributed by atoms with E-state index in [9.17, 15) is 5.11 Å². The van der Waals surface area contributed by atoms with Gasteiger partial charge in [-0.25, -0.2) is 0 Å². The van der Waals surface area contributed by atoms with E-state index < -0.39 is 6.10 Å². The molecular formula is C27H48O2. The van der Waals surface area contributed by atoms with Crippen molar-refractivity contribution in [1.29, 1.82) is 0 Å². The Hall–Kier alpha value is -0.860. The highest BCUT2D eigenvalue weighted by Gasteiger charge is 2.05. The summed E-state index contributed by atoms with van der Waals surface area (Å²) in [6, 6.07) is 10.1. The third-order valence-corrected chi connectivity index (χ3v) is 5.77. The van der Waals surface area contributed by atoms with Crippen molar-refractivity contribution in [3.63, 3.8) is 0 Å². The summed E-state index contributed by atoms with van der Waals surface area (Å²) in [5.41, 5.74) is 1.17. The van der Waals surface area contributed by atoms with Gasteiger partial charge in [-0.3, -0.25) is 0 Å². The van der Waals surface area contributed by atoms with Crippen molar-refractivity contribution in [2.24, 2.45) is 0 Å². The smallest absolute Gasteiger partial charge is 0.0813 e. The quantitative estimate of drug-likeness (QED) is 0.211. The number of ether oxygens (including phenoxy) is 1. The first-order valence-electron chi connectivity index (χ1n) is 12.6. The predicted molar refractivity (Wildman–Crippen MR) is 127 cm³/mol. The number of hydrogen-bond acceptors (Lipinski definition) is 2. The molecule has 1 aromatic carbocycles. The second-order valence-corrected chi connectivity index (χ2v) is 8.72. The Kier molecular flexibility index (Phi) is 18.4. The maximum Gasteiger partial charge on any atom is 0.0813 e. The zero-order chi connectivity index (χ0) is 20.8. The Morgan fingerprint density at radius 1 is 0.655 bits per heavy atom. The summed E-state index contributed by atoms with van der Waals surface area (Å²) < 4.78 is 5.64. The summed E-state index contributed by atoms with van der Waals surface area (Å²) in [6.45, 7) is 3.52. The van der Waals surface area contributed by atoms with Gasteiger partial charge in [0.25, 0.3) is 0 Å². The van der Waals surface area contributed by atoms with E-state index in [1.54, 1.807) is 0 Å². The zero-order valence-corrected chi connectivity index (χ0v) is 19.3. The van der Waals surface area contributed by atoms with Crippen LogP contribution in [0.5, 0.6) is 0 Å². The molecule has 1 atom stereocenters. The monoisotopic (exact) mass is 404 g/mol. The van der Waals surface area contributed by atoms with Gasteiger partial charge in [-0.05, 0) is 12.0 Å². The zero-order valence-electron chi connectivity index (χ0n) is 19.3. The SMILES string of the molecule is CCCCCCCCCCCCCCCCCCOC[C@@H](O)Cc1ccccc1. The van der Waals surface area contributed by atoms with E-state index >= 15 is 0 Å². The minimum Gasteiger partial charge on any atom is -0.390 e. The van der Waals surface area contributed by atoms with E-state index in [0.29, 0.717) is 13.0 Å². The van der Waals surface area contributed by atoms with E-state index in [0.717, 1.165) is 13.0 Å². The van der Waals surface area contributed by atoms with E-state index in [1.807, 2.05) is 18.2 Å². The second-order valence-electron chi connectivity index (χ2n) is 8.72. The molecule has 0 amide bonds. The number of aliphatic hydroxyl groups excluding tert-OH is 1. The molecule has 1 rings (SSSR count). The fraction of sp³-hybridized carbons (Fsp3) is 0.778. The van der Waals surface area contributed by atoms with Crippen molar-refractivity contribution in [2.45, 2.75) is 122 Å². The van der Waals surface area contributed by atoms with Crippen molar-refractivity contribution in [2.75, 3.05) is 13.2 Å². The molecular weight excluding hydrogens is 356 g/mol. The highest BCUT2D eigenvalue weighted by Crippen LogP contribution is 2.13. The largest absolute Gasteiger partial charge is 0.390 e. The Labute approximate surface area is 181 Å². The fourth-order valence-corrected chi connectivity index (χ4v) is 3.92. The van der Waals surface area contributed by atoms with Gasteiger partial charge in [-0.1, -0.05) is 134 Å². The van der Waals surface area contributed by atoms with E-state index in [-0.39, 0.29) is 0 Å². The van der Waals surface area contributed by atoms with Gasteiger partial charge < -0.3 is 9.84 Å². The number of benzene rings is 1. The topological polar surface area (TPSA) is 29.5 Å². The predicted octanol–water partition coefficient (Wildman–Crippen LogP) is 7.87. The van der Waals surface area contributed by atoms with Crippen molar-refractivity contribution < 1.29 is 9.84 Å². The Morgan fingerprint density at radius 2 is 1.10 bits per heavy atom. The van der Waals surface area contributed by atoms with Crippen LogP contribution < -0.4 is 0 Å². The van der Waals surface area contributed by atoms with Crippen LogP contribution in [0.3, 0.4) is 0 Å². The Morgan fingerprint density at radius 3 is 1.59 bits per heavy atom. The van der Waals surface area contributed by atoms with Crippen molar-refractivity contribution >= 4 is 0 Å². The summed E-state index contributed by atoms with van der Waals surface area (Å²) in [4.78, 5) is 0. The molecule has 0 fully saturated rings. The summed E-state index contributed by atoms with van der Waals surface area (Å²) in [5, 5.41) is 10.0. The average Bonchev–Trinajstić information content (AvgIpc) is 2.73. The van der Waals surface area contributed by atoms with Crippen LogP contribution in [0.1, 0.15) is 115 Å². The minimum absolute atomic E-state index is 0.390. The third-order valence-electron chi connectivity index (χ3n) is 5.77. The van der Waals surface area contributed by atoms with Gasteiger partial charge >= 0.3 is 0 Å². The first-order chi connectivity index (χ1) is 14.3. The average molecular weight is 405 g/mol. The van der Waals surface area contributed by atoms with Crippen LogP contribution in [0.25, 0.3) is 0 Å². The van der Waals surface area contributed by atoms with E-state index in [4.69, 9.17) is 4.74 Å². The molecule has 0 unspecified atom stereocenters. The van der Waals surface area contributed by atoms with E-state index in [1.165, 1.54) is 102 Å². The number of hydrogen-bond donors (Lipinski definition) is 1. The molecule has 1 N–H and O–H groups in total. The summed E-state index contributed by atoms with van der Waals surface area (Å²) in [7, 11) is 0. The molecule has 0 aliphatic rings. The van der Waals surface area contributed by atoms with Gasteiger partial charge in [0, 0.05) is 13.0 Å². The molecule has 0 aliphatic carbocycles. The molecule has 168 valence electrons. The molecule has 0 saturated heterocycles. The molecule has 0 aliphatic heterocycles. The maximum atomic E-state index is 10.0. The standard InChI is InChI=1S/C27H48O2/c1-2-3-4-5-6-7-8-9-10-11-12-13-14-15-16-20-23-29-25-27(28)24-26-21-18-17-19-22-26/h17-19,21-22,27-28H,2-16,20,23-25H2,1H3/t27-/m0/s1. The lowest BCUT2D eigenvalue weighted by Crippen LogP contribution is -2.18. The Bertz CT molecular complexity index is 431. The first-order valence-corrected chi connectivity index (χ1v) is 12.6. The third kappa shape index (κ3) is 17.7. The summed E-state index contributed by atoms with van der Waals surface area (Å²) >= 11 is 0. The highest BCUT2D eigenvalue weighted by atomic mass is 16.5. The molecule has 0 bridgehead atoms. The van der Waals surface area contributed by atoms with Crippen LogP contribution in [0.4, 0.5) is 0 Å². The molecule has 2 nitrogen and oxygen atoms in total. The molecule has 1 aromatic rings. The second kappa shape index (κ2) is 20.4. The van der Waals surface area contributed by atoms with Crippen molar-refractivity contribution in [3.05, 3.63) is 35.9 Å². The number of unbranched alkanes of at least 4 members (excludes halogenated alkanes) is 15. The van der Waals surface area contributed by atoms with Crippen LogP contribution in [0.2, 0.25) is 0 Å². The molecule has 2 heteroatoms. The van der Waals surface area contributed by atoms with Crippen LogP contribution in [0.15, 0.2) is 30.3 Å². The number of aliphatic hydroxyl groups is 1. The van der Waals surface area contributed by atoms with Gasteiger partial charge in [-0.15, -0.1) is 0 Å². The highest BCUT2D eigenvalue weighted by molar-refractivity contribution is 5.15. The minimum atomic E-state index is -0.390. The van der Waals surface area contributed by atoms with Gasteiger partial charge in [0.05, 0.1) is 12.7 Å². The summed E-state index contributed by atoms with van der Waals surface area (Å²) in [5.74, 6) is 0. The van der Waals surface area contributed by atoms with Gasteiger partial charge in [0.15, 0.2) is 0 Å². The Balaban J connectivity index is 1.73. The van der Waals surface area contributed by atoms with E-state index in [2.05, 4.69) is 19.1 Å². The molecule has 0 aromatic heterocycles. The fourth-order valence-electron chi connectivity index (χ4n) is 3.92. The van der Waals surface area contributed by atoms with Crippen molar-refractivity contribution in [3.8, 4) is 0 Å². The molecule has 0 spiro atoms.